The predicted octanol–water partition coefficient (Wildman–Crippen LogP) is 5.71. The average Bonchev–Trinajstić information content (AvgIpc) is 2.43. The van der Waals surface area contributed by atoms with Gasteiger partial charge in [-0.05, 0) is 26.2 Å². The summed E-state index contributed by atoms with van der Waals surface area (Å²) in [6, 6.07) is 0. The quantitative estimate of drug-likeness (QED) is 0.458. The van der Waals surface area contributed by atoms with Gasteiger partial charge in [-0.1, -0.05) is 54.9 Å². The van der Waals surface area contributed by atoms with Crippen LogP contribution in [-0.4, -0.2) is 19.6 Å². The minimum absolute atomic E-state index is 0.171. The monoisotopic (exact) mass is 259 g/mol. The lowest BCUT2D eigenvalue weighted by atomic mass is 9.79. The van der Waals surface area contributed by atoms with Gasteiger partial charge in [-0.15, -0.1) is 0 Å². The Morgan fingerprint density at radius 1 is 0.889 bits per heavy atom. The molecule has 2 nitrogen and oxygen atoms in total. The number of methoxy groups -OCH3 is 1. The third-order valence-electron chi connectivity index (χ3n) is 2.98. The van der Waals surface area contributed by atoms with Crippen molar-refractivity contribution in [1.82, 2.24) is 0 Å². The molecule has 0 aromatic heterocycles. The highest BCUT2D eigenvalue weighted by atomic mass is 16.5. The van der Waals surface area contributed by atoms with Gasteiger partial charge in [0.05, 0.1) is 7.11 Å². The molecule has 0 aromatic carbocycles. The van der Waals surface area contributed by atoms with Crippen molar-refractivity contribution in [3.05, 3.63) is 0 Å². The summed E-state index contributed by atoms with van der Waals surface area (Å²) in [4.78, 5) is 4.42. The third-order valence-corrected chi connectivity index (χ3v) is 2.98. The van der Waals surface area contributed by atoms with Crippen LogP contribution in [0.2, 0.25) is 0 Å². The molecule has 0 unspecified atom stereocenters. The second kappa shape index (κ2) is 16.5. The number of hydrogen-bond donors (Lipinski definition) is 0. The lowest BCUT2D eigenvalue weighted by Gasteiger charge is -2.30. The van der Waals surface area contributed by atoms with Crippen molar-refractivity contribution in [2.24, 2.45) is 10.4 Å². The van der Waals surface area contributed by atoms with Crippen LogP contribution in [0.1, 0.15) is 81.1 Å². The summed E-state index contributed by atoms with van der Waals surface area (Å²) in [5, 5.41) is 0. The van der Waals surface area contributed by atoms with E-state index in [1.165, 1.54) is 6.42 Å². The Balaban J connectivity index is -0.000000389. The third kappa shape index (κ3) is 8.54. The van der Waals surface area contributed by atoms with Gasteiger partial charge in [0.1, 0.15) is 0 Å². The summed E-state index contributed by atoms with van der Waals surface area (Å²) in [6.07, 6.45) is 4.56. The molecule has 0 heterocycles. The first-order valence-electron chi connectivity index (χ1n) is 7.71. The SMILES string of the molecule is CC.CCC.CCN=C(OC)C(CC)(CC)CC. The summed E-state index contributed by atoms with van der Waals surface area (Å²) in [6.45, 7) is 17.7. The highest BCUT2D eigenvalue weighted by Gasteiger charge is 2.31. The summed E-state index contributed by atoms with van der Waals surface area (Å²) >= 11 is 0. The van der Waals surface area contributed by atoms with Crippen molar-refractivity contribution in [3.63, 3.8) is 0 Å². The van der Waals surface area contributed by atoms with Gasteiger partial charge in [0.25, 0.3) is 0 Å². The molecule has 112 valence electrons. The van der Waals surface area contributed by atoms with E-state index in [0.29, 0.717) is 0 Å². The Bertz CT molecular complexity index is 164. The Kier molecular flexibility index (Phi) is 20.7. The van der Waals surface area contributed by atoms with E-state index in [4.69, 9.17) is 4.74 Å². The van der Waals surface area contributed by atoms with E-state index in [0.717, 1.165) is 31.7 Å². The Hall–Kier alpha value is -0.530. The second-order valence-electron chi connectivity index (χ2n) is 4.03. The highest BCUT2D eigenvalue weighted by molar-refractivity contribution is 5.82. The van der Waals surface area contributed by atoms with Crippen LogP contribution in [0.4, 0.5) is 0 Å². The molecule has 18 heavy (non-hydrogen) atoms. The molecule has 0 aromatic rings. The maximum atomic E-state index is 5.38. The minimum Gasteiger partial charge on any atom is -0.484 e. The standard InChI is InChI=1S/C11H23NO.C3H8.C2H6/c1-6-11(7-2,8-3)10(13-5)12-9-4;1-3-2;1-2/h6-9H2,1-5H3;3H2,1-2H3;1-2H3. The molecule has 0 fully saturated rings. The molecule has 0 aliphatic carbocycles. The molecule has 0 atom stereocenters. The molecule has 0 aliphatic rings. The Labute approximate surface area is 116 Å². The molecule has 0 saturated carbocycles. The van der Waals surface area contributed by atoms with Gasteiger partial charge >= 0.3 is 0 Å². The van der Waals surface area contributed by atoms with E-state index in [-0.39, 0.29) is 5.41 Å². The van der Waals surface area contributed by atoms with E-state index >= 15 is 0 Å². The van der Waals surface area contributed by atoms with E-state index in [1.807, 2.05) is 20.8 Å². The highest BCUT2D eigenvalue weighted by Crippen LogP contribution is 2.32. The van der Waals surface area contributed by atoms with Crippen LogP contribution < -0.4 is 0 Å². The van der Waals surface area contributed by atoms with Crippen LogP contribution in [0.25, 0.3) is 0 Å². The van der Waals surface area contributed by atoms with Crippen molar-refractivity contribution >= 4 is 5.90 Å². The Morgan fingerprint density at radius 2 is 1.22 bits per heavy atom. The van der Waals surface area contributed by atoms with Crippen molar-refractivity contribution in [2.45, 2.75) is 81.1 Å². The lowest BCUT2D eigenvalue weighted by Crippen LogP contribution is -2.30. The number of rotatable bonds is 5. The topological polar surface area (TPSA) is 21.6 Å². The molecule has 0 bridgehead atoms. The first-order chi connectivity index (χ1) is 8.62. The normalized spacial score (nSPS) is 10.8. The van der Waals surface area contributed by atoms with Gasteiger partial charge in [-0.2, -0.15) is 0 Å². The zero-order chi connectivity index (χ0) is 15.0. The zero-order valence-corrected chi connectivity index (χ0v) is 14.4. The van der Waals surface area contributed by atoms with Crippen molar-refractivity contribution in [2.75, 3.05) is 13.7 Å². The summed E-state index contributed by atoms with van der Waals surface area (Å²) < 4.78 is 5.38. The van der Waals surface area contributed by atoms with Crippen LogP contribution >= 0.6 is 0 Å². The maximum absolute atomic E-state index is 5.38. The molecule has 0 rings (SSSR count). The molecule has 0 saturated heterocycles. The molecule has 0 aliphatic heterocycles. The first kappa shape index (κ1) is 22.6. The summed E-state index contributed by atoms with van der Waals surface area (Å²) in [5.74, 6) is 0.933. The van der Waals surface area contributed by atoms with Crippen LogP contribution in [0.5, 0.6) is 0 Å². The van der Waals surface area contributed by atoms with Gasteiger partial charge in [-0.25, -0.2) is 0 Å². The summed E-state index contributed by atoms with van der Waals surface area (Å²) in [5.41, 5.74) is 0.171. The molecule has 0 radical (unpaired) electrons. The first-order valence-corrected chi connectivity index (χ1v) is 7.71. The van der Waals surface area contributed by atoms with Crippen LogP contribution in [-0.2, 0) is 4.74 Å². The fraction of sp³-hybridized carbons (Fsp3) is 0.938. The minimum atomic E-state index is 0.171. The van der Waals surface area contributed by atoms with Crippen LogP contribution in [0, 0.1) is 5.41 Å². The summed E-state index contributed by atoms with van der Waals surface area (Å²) in [7, 11) is 1.73. The molecule has 2 heteroatoms. The zero-order valence-electron chi connectivity index (χ0n) is 14.4. The van der Waals surface area contributed by atoms with Crippen LogP contribution in [0.3, 0.4) is 0 Å². The van der Waals surface area contributed by atoms with Gasteiger partial charge in [-0.3, -0.25) is 4.99 Å². The maximum Gasteiger partial charge on any atom is 0.189 e. The van der Waals surface area contributed by atoms with E-state index in [2.05, 4.69) is 39.6 Å². The number of ether oxygens (including phenoxy) is 1. The fourth-order valence-electron chi connectivity index (χ4n) is 1.80. The van der Waals surface area contributed by atoms with Crippen molar-refractivity contribution in [1.29, 1.82) is 0 Å². The van der Waals surface area contributed by atoms with Crippen LogP contribution in [0.15, 0.2) is 4.99 Å². The van der Waals surface area contributed by atoms with Gasteiger partial charge in [0.15, 0.2) is 5.90 Å². The van der Waals surface area contributed by atoms with E-state index < -0.39 is 0 Å². The van der Waals surface area contributed by atoms with Gasteiger partial charge < -0.3 is 4.74 Å². The fourth-order valence-corrected chi connectivity index (χ4v) is 1.80. The smallest absolute Gasteiger partial charge is 0.189 e. The molecular formula is C16H37NO. The molecule has 0 spiro atoms. The molecule has 0 amide bonds. The number of nitrogens with zero attached hydrogens (tertiary/aromatic N) is 1. The average molecular weight is 259 g/mol. The van der Waals surface area contributed by atoms with Gasteiger partial charge in [0, 0.05) is 12.0 Å². The molecular weight excluding hydrogens is 222 g/mol. The van der Waals surface area contributed by atoms with Crippen molar-refractivity contribution < 1.29 is 4.74 Å². The lowest BCUT2D eigenvalue weighted by molar-refractivity contribution is 0.267. The van der Waals surface area contributed by atoms with Gasteiger partial charge in [0.2, 0.25) is 0 Å². The van der Waals surface area contributed by atoms with Crippen molar-refractivity contribution in [3.8, 4) is 0 Å². The number of aliphatic imine (C=N–C) groups is 1. The largest absolute Gasteiger partial charge is 0.484 e. The second-order valence-corrected chi connectivity index (χ2v) is 4.03. The van der Waals surface area contributed by atoms with E-state index in [9.17, 15) is 0 Å². The Morgan fingerprint density at radius 3 is 1.39 bits per heavy atom. The predicted molar refractivity (Wildman–Crippen MR) is 85.6 cm³/mol. The molecule has 0 N–H and O–H groups in total. The number of hydrogen-bond acceptors (Lipinski definition) is 2. The van der Waals surface area contributed by atoms with E-state index in [1.54, 1.807) is 7.11 Å².